The Hall–Kier alpha value is -3.69. The molecule has 0 spiro atoms. The number of benzene rings is 2. The predicted molar refractivity (Wildman–Crippen MR) is 102 cm³/mol. The van der Waals surface area contributed by atoms with Crippen LogP contribution in [0.4, 0.5) is 18.9 Å². The third-order valence-corrected chi connectivity index (χ3v) is 4.19. The van der Waals surface area contributed by atoms with Gasteiger partial charge in [-0.1, -0.05) is 0 Å². The van der Waals surface area contributed by atoms with Gasteiger partial charge in [0.25, 0.3) is 5.91 Å². The third kappa shape index (κ3) is 4.02. The van der Waals surface area contributed by atoms with Gasteiger partial charge in [-0.25, -0.2) is 0 Å². The molecule has 30 heavy (non-hydrogen) atoms. The molecule has 7 nitrogen and oxygen atoms in total. The fourth-order valence-electron chi connectivity index (χ4n) is 2.79. The van der Waals surface area contributed by atoms with Crippen molar-refractivity contribution in [2.45, 2.75) is 6.18 Å². The number of halogens is 3. The number of alkyl halides is 3. The van der Waals surface area contributed by atoms with Crippen molar-refractivity contribution in [3.05, 3.63) is 57.9 Å². The fourth-order valence-corrected chi connectivity index (χ4v) is 2.79. The summed E-state index contributed by atoms with van der Waals surface area (Å²) in [7, 11) is 4.22. The first-order valence-corrected chi connectivity index (χ1v) is 8.44. The maximum atomic E-state index is 12.8. The van der Waals surface area contributed by atoms with Crippen LogP contribution in [0.2, 0.25) is 0 Å². The molecule has 0 aliphatic rings. The Morgan fingerprint density at radius 1 is 0.967 bits per heavy atom. The molecule has 0 bridgehead atoms. The Morgan fingerprint density at radius 3 is 2.13 bits per heavy atom. The smallest absolute Gasteiger partial charge is 0.449 e. The van der Waals surface area contributed by atoms with Crippen LogP contribution in [-0.2, 0) is 6.18 Å². The van der Waals surface area contributed by atoms with Gasteiger partial charge in [-0.2, -0.15) is 13.2 Å². The zero-order chi connectivity index (χ0) is 22.1. The van der Waals surface area contributed by atoms with E-state index in [1.54, 1.807) is 0 Å². The van der Waals surface area contributed by atoms with E-state index in [0.717, 1.165) is 0 Å². The number of fused-ring (bicyclic) bond motifs is 1. The van der Waals surface area contributed by atoms with E-state index in [-0.39, 0.29) is 33.7 Å². The fraction of sp³-hybridized carbons (Fsp3) is 0.200. The van der Waals surface area contributed by atoms with Crippen molar-refractivity contribution >= 4 is 22.6 Å². The summed E-state index contributed by atoms with van der Waals surface area (Å²) >= 11 is 0. The van der Waals surface area contributed by atoms with Gasteiger partial charge in [0.2, 0.25) is 11.5 Å². The summed E-state index contributed by atoms with van der Waals surface area (Å²) in [5, 5.41) is 2.46. The van der Waals surface area contributed by atoms with E-state index in [4.69, 9.17) is 18.6 Å². The molecule has 0 saturated carbocycles. The van der Waals surface area contributed by atoms with Crippen LogP contribution in [0.15, 0.2) is 45.6 Å². The summed E-state index contributed by atoms with van der Waals surface area (Å²) < 4.78 is 58.7. The SMILES string of the molecule is COc1cc(C(=O)Nc2ccc3oc(C(F)(F)F)cc(=O)c3c2)cc(OC)c1OC. The van der Waals surface area contributed by atoms with E-state index < -0.39 is 23.3 Å². The molecule has 0 aliphatic heterocycles. The summed E-state index contributed by atoms with van der Waals surface area (Å²) in [4.78, 5) is 24.7. The average Bonchev–Trinajstić information content (AvgIpc) is 2.72. The number of carbonyl (C=O) groups excluding carboxylic acids is 1. The van der Waals surface area contributed by atoms with Gasteiger partial charge < -0.3 is 23.9 Å². The van der Waals surface area contributed by atoms with Gasteiger partial charge in [-0.3, -0.25) is 9.59 Å². The van der Waals surface area contributed by atoms with Crippen molar-refractivity contribution < 1.29 is 36.6 Å². The minimum absolute atomic E-state index is 0.106. The number of hydrogen-bond acceptors (Lipinski definition) is 6. The molecule has 0 radical (unpaired) electrons. The van der Waals surface area contributed by atoms with E-state index in [0.29, 0.717) is 11.8 Å². The summed E-state index contributed by atoms with van der Waals surface area (Å²) in [6.07, 6.45) is -4.79. The quantitative estimate of drug-likeness (QED) is 0.665. The van der Waals surface area contributed by atoms with Gasteiger partial charge in [0.05, 0.1) is 26.7 Å². The van der Waals surface area contributed by atoms with Crippen LogP contribution in [0.5, 0.6) is 17.2 Å². The van der Waals surface area contributed by atoms with Crippen LogP contribution in [0.1, 0.15) is 16.1 Å². The number of nitrogens with one attached hydrogen (secondary N) is 1. The Labute approximate surface area is 168 Å². The molecule has 0 saturated heterocycles. The van der Waals surface area contributed by atoms with Crippen LogP contribution in [0.3, 0.4) is 0 Å². The van der Waals surface area contributed by atoms with Gasteiger partial charge in [0, 0.05) is 17.3 Å². The van der Waals surface area contributed by atoms with Gasteiger partial charge >= 0.3 is 6.18 Å². The summed E-state index contributed by atoms with van der Waals surface area (Å²) in [6.45, 7) is 0. The van der Waals surface area contributed by atoms with Crippen LogP contribution in [-0.4, -0.2) is 27.2 Å². The van der Waals surface area contributed by atoms with Crippen molar-refractivity contribution in [2.24, 2.45) is 0 Å². The van der Waals surface area contributed by atoms with Crippen molar-refractivity contribution in [2.75, 3.05) is 26.6 Å². The molecule has 3 aromatic rings. The molecule has 0 atom stereocenters. The lowest BCUT2D eigenvalue weighted by atomic mass is 10.1. The minimum atomic E-state index is -4.79. The maximum Gasteiger partial charge on any atom is 0.449 e. The maximum absolute atomic E-state index is 12.8. The molecule has 0 aliphatic carbocycles. The van der Waals surface area contributed by atoms with E-state index in [1.807, 2.05) is 0 Å². The van der Waals surface area contributed by atoms with Crippen LogP contribution in [0, 0.1) is 0 Å². The van der Waals surface area contributed by atoms with Crippen molar-refractivity contribution in [3.8, 4) is 17.2 Å². The van der Waals surface area contributed by atoms with Crippen LogP contribution >= 0.6 is 0 Å². The second kappa shape index (κ2) is 7.97. The van der Waals surface area contributed by atoms with Gasteiger partial charge in [-0.05, 0) is 30.3 Å². The summed E-state index contributed by atoms with van der Waals surface area (Å²) in [6, 6.07) is 6.96. The zero-order valence-electron chi connectivity index (χ0n) is 16.0. The highest BCUT2D eigenvalue weighted by atomic mass is 19.4. The lowest BCUT2D eigenvalue weighted by Gasteiger charge is -2.14. The molecule has 158 valence electrons. The summed E-state index contributed by atoms with van der Waals surface area (Å²) in [5.41, 5.74) is -0.773. The first-order valence-electron chi connectivity index (χ1n) is 8.44. The molecule has 1 N–H and O–H groups in total. The largest absolute Gasteiger partial charge is 0.493 e. The van der Waals surface area contributed by atoms with Gasteiger partial charge in [-0.15, -0.1) is 0 Å². The van der Waals surface area contributed by atoms with Gasteiger partial charge in [0.15, 0.2) is 16.9 Å². The Kier molecular flexibility index (Phi) is 5.59. The molecule has 1 amide bonds. The standard InChI is InChI=1S/C20H16F3NO6/c1-27-15-6-10(7-16(28-2)18(15)29-3)19(26)24-11-4-5-14-12(8-11)13(25)9-17(30-14)20(21,22)23/h4-9H,1-3H3,(H,24,26). The lowest BCUT2D eigenvalue weighted by molar-refractivity contribution is -0.152. The molecule has 10 heteroatoms. The van der Waals surface area contributed by atoms with E-state index in [2.05, 4.69) is 5.32 Å². The molecule has 3 rings (SSSR count). The van der Waals surface area contributed by atoms with Crippen LogP contribution < -0.4 is 25.0 Å². The molecular weight excluding hydrogens is 407 g/mol. The minimum Gasteiger partial charge on any atom is -0.493 e. The van der Waals surface area contributed by atoms with Crippen molar-refractivity contribution in [1.82, 2.24) is 0 Å². The Bertz CT molecular complexity index is 1140. The Morgan fingerprint density at radius 2 is 1.60 bits per heavy atom. The first kappa shape index (κ1) is 21.0. The number of ether oxygens (including phenoxy) is 3. The van der Waals surface area contributed by atoms with Crippen molar-refractivity contribution in [3.63, 3.8) is 0 Å². The lowest BCUT2D eigenvalue weighted by Crippen LogP contribution is -2.14. The number of hydrogen-bond donors (Lipinski definition) is 1. The molecule has 0 fully saturated rings. The highest BCUT2D eigenvalue weighted by Crippen LogP contribution is 2.38. The van der Waals surface area contributed by atoms with Crippen LogP contribution in [0.25, 0.3) is 11.0 Å². The third-order valence-electron chi connectivity index (χ3n) is 4.19. The number of anilines is 1. The number of rotatable bonds is 5. The number of carbonyl (C=O) groups is 1. The molecular formula is C20H16F3NO6. The second-order valence-electron chi connectivity index (χ2n) is 6.05. The molecule has 0 unspecified atom stereocenters. The van der Waals surface area contributed by atoms with Crippen molar-refractivity contribution in [1.29, 1.82) is 0 Å². The highest BCUT2D eigenvalue weighted by molar-refractivity contribution is 6.05. The number of amides is 1. The zero-order valence-corrected chi connectivity index (χ0v) is 16.0. The monoisotopic (exact) mass is 423 g/mol. The number of methoxy groups -OCH3 is 3. The van der Waals surface area contributed by atoms with E-state index in [1.165, 1.54) is 51.7 Å². The predicted octanol–water partition coefficient (Wildman–Crippen LogP) is 4.09. The van der Waals surface area contributed by atoms with Gasteiger partial charge in [0.1, 0.15) is 5.58 Å². The topological polar surface area (TPSA) is 87.0 Å². The molecule has 1 aromatic heterocycles. The molecule has 1 heterocycles. The summed E-state index contributed by atoms with van der Waals surface area (Å²) in [5.74, 6) is -1.12. The highest BCUT2D eigenvalue weighted by Gasteiger charge is 2.35. The van der Waals surface area contributed by atoms with E-state index >= 15 is 0 Å². The second-order valence-corrected chi connectivity index (χ2v) is 6.05. The average molecular weight is 423 g/mol. The normalized spacial score (nSPS) is 11.3. The first-order chi connectivity index (χ1) is 14.2. The Balaban J connectivity index is 1.96. The van der Waals surface area contributed by atoms with E-state index in [9.17, 15) is 22.8 Å². The molecule has 2 aromatic carbocycles.